The van der Waals surface area contributed by atoms with Crippen molar-refractivity contribution in [2.24, 2.45) is 0 Å². The molecule has 0 unspecified atom stereocenters. The van der Waals surface area contributed by atoms with Crippen LogP contribution in [0.5, 0.6) is 0 Å². The fraction of sp³-hybridized carbons (Fsp3) is 0.800. The number of carbonyl (C=O) groups is 2. The lowest BCUT2D eigenvalue weighted by Gasteiger charge is -2.15. The molecular weight excluding hydrogens is 228 g/mol. The summed E-state index contributed by atoms with van der Waals surface area (Å²) < 4.78 is 0. The Morgan fingerprint density at radius 3 is 2.56 bits per heavy atom. The lowest BCUT2D eigenvalue weighted by atomic mass is 10.0. The van der Waals surface area contributed by atoms with Crippen LogP contribution in [-0.4, -0.2) is 34.9 Å². The molecule has 16 heavy (non-hydrogen) atoms. The van der Waals surface area contributed by atoms with Gasteiger partial charge in [0.25, 0.3) is 0 Å². The lowest BCUT2D eigenvalue weighted by Crippen LogP contribution is -2.34. The summed E-state index contributed by atoms with van der Waals surface area (Å²) in [5.41, 5.74) is 0. The summed E-state index contributed by atoms with van der Waals surface area (Å²) in [4.78, 5) is 21.4. The summed E-state index contributed by atoms with van der Waals surface area (Å²) in [5.74, 6) is -0.123. The van der Waals surface area contributed by atoms with Crippen molar-refractivity contribution in [2.75, 3.05) is 5.75 Å². The van der Waals surface area contributed by atoms with Gasteiger partial charge in [-0.05, 0) is 12.8 Å². The molecule has 0 aromatic rings. The third-order valence-electron chi connectivity index (χ3n) is 2.72. The molecule has 1 fully saturated rings. The molecule has 0 radical (unpaired) electrons. The number of rotatable bonds is 7. The maximum Gasteiger partial charge on any atom is 0.315 e. The smallest absolute Gasteiger partial charge is 0.315 e. The molecule has 2 atom stereocenters. The zero-order valence-electron chi connectivity index (χ0n) is 9.11. The number of thiol groups is 1. The van der Waals surface area contributed by atoms with Gasteiger partial charge in [0.15, 0.2) is 0 Å². The minimum absolute atomic E-state index is 0.0929. The third-order valence-corrected chi connectivity index (χ3v) is 3.11. The van der Waals surface area contributed by atoms with E-state index >= 15 is 0 Å². The molecule has 0 aromatic carbocycles. The maximum atomic E-state index is 11.1. The Balaban J connectivity index is 2.12. The van der Waals surface area contributed by atoms with Crippen LogP contribution < -0.4 is 10.6 Å². The molecule has 0 aliphatic carbocycles. The van der Waals surface area contributed by atoms with Crippen LogP contribution in [-0.2, 0) is 4.79 Å². The second-order valence-electron chi connectivity index (χ2n) is 4.01. The van der Waals surface area contributed by atoms with E-state index in [0.717, 1.165) is 19.3 Å². The number of hydrogen-bond donors (Lipinski definition) is 4. The van der Waals surface area contributed by atoms with Gasteiger partial charge in [0.2, 0.25) is 0 Å². The first-order valence-electron chi connectivity index (χ1n) is 5.53. The maximum absolute atomic E-state index is 11.1. The number of hydrogen-bond acceptors (Lipinski definition) is 3. The number of nitrogens with one attached hydrogen (secondary N) is 2. The van der Waals surface area contributed by atoms with Crippen LogP contribution in [0.1, 0.15) is 32.1 Å². The Bertz CT molecular complexity index is 260. The number of carboxylic acids is 1. The molecule has 1 saturated heterocycles. The van der Waals surface area contributed by atoms with Crippen molar-refractivity contribution >= 4 is 24.6 Å². The van der Waals surface area contributed by atoms with Crippen LogP contribution in [0.4, 0.5) is 4.79 Å². The Hall–Kier alpha value is -0.910. The lowest BCUT2D eigenvalue weighted by molar-refractivity contribution is -0.137. The van der Waals surface area contributed by atoms with Crippen molar-refractivity contribution in [1.29, 1.82) is 0 Å². The molecule has 92 valence electrons. The highest BCUT2D eigenvalue weighted by atomic mass is 32.1. The fourth-order valence-electron chi connectivity index (χ4n) is 1.84. The zero-order valence-corrected chi connectivity index (χ0v) is 10.0. The average Bonchev–Trinajstić information content (AvgIpc) is 2.58. The molecule has 2 amide bonds. The minimum Gasteiger partial charge on any atom is -0.481 e. The number of urea groups is 1. The van der Waals surface area contributed by atoms with E-state index in [1.807, 2.05) is 0 Å². The number of unbranched alkanes of at least 4 members (excludes halogenated alkanes) is 2. The van der Waals surface area contributed by atoms with Crippen molar-refractivity contribution < 1.29 is 14.7 Å². The first-order chi connectivity index (χ1) is 7.63. The number of carboxylic acid groups (broad SMARTS) is 1. The van der Waals surface area contributed by atoms with Crippen LogP contribution in [0.25, 0.3) is 0 Å². The van der Waals surface area contributed by atoms with Crippen molar-refractivity contribution in [3.8, 4) is 0 Å². The van der Waals surface area contributed by atoms with Gasteiger partial charge in [0.05, 0.1) is 12.1 Å². The summed E-state index contributed by atoms with van der Waals surface area (Å²) in [6.45, 7) is 0. The van der Waals surface area contributed by atoms with Gasteiger partial charge in [-0.3, -0.25) is 4.79 Å². The van der Waals surface area contributed by atoms with E-state index < -0.39 is 5.97 Å². The Kier molecular flexibility index (Phi) is 5.45. The van der Waals surface area contributed by atoms with Crippen LogP contribution in [0.2, 0.25) is 0 Å². The molecule has 3 N–H and O–H groups in total. The standard InChI is InChI=1S/C10H18N2O3S/c13-9(14)5-3-1-2-4-7-8(6-16)12-10(15)11-7/h7-8,16H,1-6H2,(H,13,14)(H2,11,12,15)/t7-,8+/m1/s1. The van der Waals surface area contributed by atoms with E-state index in [-0.39, 0.29) is 24.5 Å². The van der Waals surface area contributed by atoms with E-state index in [9.17, 15) is 9.59 Å². The summed E-state index contributed by atoms with van der Waals surface area (Å²) in [7, 11) is 0. The molecule has 5 nitrogen and oxygen atoms in total. The molecule has 1 aliphatic heterocycles. The predicted molar refractivity (Wildman–Crippen MR) is 63.8 cm³/mol. The zero-order chi connectivity index (χ0) is 12.0. The van der Waals surface area contributed by atoms with Gasteiger partial charge in [0.1, 0.15) is 0 Å². The van der Waals surface area contributed by atoms with E-state index in [4.69, 9.17) is 5.11 Å². The van der Waals surface area contributed by atoms with Gasteiger partial charge < -0.3 is 15.7 Å². The monoisotopic (exact) mass is 246 g/mol. The van der Waals surface area contributed by atoms with Gasteiger partial charge in [-0.1, -0.05) is 12.8 Å². The molecule has 1 heterocycles. The molecule has 0 aromatic heterocycles. The van der Waals surface area contributed by atoms with Crippen molar-refractivity contribution in [3.05, 3.63) is 0 Å². The predicted octanol–water partition coefficient (Wildman–Crippen LogP) is 1.00. The summed E-state index contributed by atoms with van der Waals surface area (Å²) in [6, 6.07) is 0.0970. The van der Waals surface area contributed by atoms with Crippen LogP contribution in [0.3, 0.4) is 0 Å². The van der Waals surface area contributed by atoms with Gasteiger partial charge >= 0.3 is 12.0 Å². The Morgan fingerprint density at radius 2 is 1.94 bits per heavy atom. The molecule has 0 spiro atoms. The average molecular weight is 246 g/mol. The quantitative estimate of drug-likeness (QED) is 0.400. The van der Waals surface area contributed by atoms with Crippen molar-refractivity contribution in [3.63, 3.8) is 0 Å². The Labute approximate surface area is 100 Å². The highest BCUT2D eigenvalue weighted by molar-refractivity contribution is 7.80. The molecule has 1 aliphatic rings. The fourth-order valence-corrected chi connectivity index (χ4v) is 2.19. The van der Waals surface area contributed by atoms with Crippen LogP contribution >= 0.6 is 12.6 Å². The molecular formula is C10H18N2O3S. The van der Waals surface area contributed by atoms with Gasteiger partial charge in [-0.15, -0.1) is 0 Å². The second-order valence-corrected chi connectivity index (χ2v) is 4.37. The van der Waals surface area contributed by atoms with E-state index in [0.29, 0.717) is 12.2 Å². The molecule has 0 bridgehead atoms. The van der Waals surface area contributed by atoms with Gasteiger partial charge in [0, 0.05) is 12.2 Å². The van der Waals surface area contributed by atoms with Crippen LogP contribution in [0, 0.1) is 0 Å². The topological polar surface area (TPSA) is 78.4 Å². The van der Waals surface area contributed by atoms with E-state index in [1.54, 1.807) is 0 Å². The summed E-state index contributed by atoms with van der Waals surface area (Å²) in [6.07, 6.45) is 3.63. The third kappa shape index (κ3) is 4.30. The number of carbonyl (C=O) groups excluding carboxylic acids is 1. The van der Waals surface area contributed by atoms with E-state index in [1.165, 1.54) is 0 Å². The highest BCUT2D eigenvalue weighted by Gasteiger charge is 2.29. The number of amides is 2. The van der Waals surface area contributed by atoms with Crippen molar-refractivity contribution in [1.82, 2.24) is 10.6 Å². The Morgan fingerprint density at radius 1 is 1.25 bits per heavy atom. The van der Waals surface area contributed by atoms with Gasteiger partial charge in [-0.2, -0.15) is 12.6 Å². The molecule has 1 rings (SSSR count). The van der Waals surface area contributed by atoms with E-state index in [2.05, 4.69) is 23.3 Å². The summed E-state index contributed by atoms with van der Waals surface area (Å²) in [5, 5.41) is 14.1. The van der Waals surface area contributed by atoms with Crippen LogP contribution in [0.15, 0.2) is 0 Å². The first-order valence-corrected chi connectivity index (χ1v) is 6.16. The normalized spacial score (nSPS) is 23.9. The molecule has 0 saturated carbocycles. The second kappa shape index (κ2) is 6.62. The number of aliphatic carboxylic acids is 1. The highest BCUT2D eigenvalue weighted by Crippen LogP contribution is 2.12. The summed E-state index contributed by atoms with van der Waals surface area (Å²) >= 11 is 4.17. The first kappa shape index (κ1) is 13.2. The SMILES string of the molecule is O=C(O)CCCCC[C@H]1NC(=O)N[C@H]1CS. The minimum atomic E-state index is -0.746. The van der Waals surface area contributed by atoms with Gasteiger partial charge in [-0.25, -0.2) is 4.79 Å². The largest absolute Gasteiger partial charge is 0.481 e. The van der Waals surface area contributed by atoms with Crippen molar-refractivity contribution in [2.45, 2.75) is 44.2 Å². The molecule has 6 heteroatoms.